The average Bonchev–Trinajstić information content (AvgIpc) is 2.51. The standard InChI is InChI=1S/C16H13Cl2NO3/c17-13-6-4-12(5-7-13)16(21)22-10-15(20)19-9-11-2-1-3-14(18)8-11/h1-8H,9-10H2,(H,19,20). The second-order valence-electron chi connectivity index (χ2n) is 4.49. The van der Waals surface area contributed by atoms with E-state index in [4.69, 9.17) is 27.9 Å². The van der Waals surface area contributed by atoms with Gasteiger partial charge in [0.15, 0.2) is 6.61 Å². The van der Waals surface area contributed by atoms with Crippen molar-refractivity contribution in [3.05, 3.63) is 69.7 Å². The minimum absolute atomic E-state index is 0.317. The van der Waals surface area contributed by atoms with Gasteiger partial charge < -0.3 is 10.1 Å². The van der Waals surface area contributed by atoms with Crippen LogP contribution in [-0.4, -0.2) is 18.5 Å². The van der Waals surface area contributed by atoms with Crippen LogP contribution in [0.15, 0.2) is 48.5 Å². The first-order valence-corrected chi connectivity index (χ1v) is 7.24. The topological polar surface area (TPSA) is 55.4 Å². The summed E-state index contributed by atoms with van der Waals surface area (Å²) in [5.74, 6) is -0.961. The van der Waals surface area contributed by atoms with Crippen molar-refractivity contribution in [2.75, 3.05) is 6.61 Å². The van der Waals surface area contributed by atoms with Gasteiger partial charge in [0.25, 0.3) is 5.91 Å². The van der Waals surface area contributed by atoms with E-state index in [9.17, 15) is 9.59 Å². The molecule has 6 heteroatoms. The van der Waals surface area contributed by atoms with Crippen molar-refractivity contribution in [3.63, 3.8) is 0 Å². The maximum atomic E-state index is 11.7. The molecule has 0 saturated heterocycles. The maximum absolute atomic E-state index is 11.7. The molecule has 0 spiro atoms. The Kier molecular flexibility index (Phi) is 5.81. The average molecular weight is 338 g/mol. The van der Waals surface area contributed by atoms with E-state index >= 15 is 0 Å². The highest BCUT2D eigenvalue weighted by Crippen LogP contribution is 2.11. The molecule has 0 radical (unpaired) electrons. The van der Waals surface area contributed by atoms with Crippen LogP contribution in [0.1, 0.15) is 15.9 Å². The summed E-state index contributed by atoms with van der Waals surface area (Å²) in [6.45, 7) is -0.0279. The molecule has 0 aliphatic carbocycles. The molecule has 0 aliphatic rings. The Morgan fingerprint density at radius 2 is 1.73 bits per heavy atom. The maximum Gasteiger partial charge on any atom is 0.338 e. The molecule has 0 bridgehead atoms. The Labute approximate surface area is 138 Å². The van der Waals surface area contributed by atoms with Crippen LogP contribution in [0.3, 0.4) is 0 Å². The van der Waals surface area contributed by atoms with Crippen molar-refractivity contribution in [3.8, 4) is 0 Å². The highest BCUT2D eigenvalue weighted by Gasteiger charge is 2.10. The predicted octanol–water partition coefficient (Wildman–Crippen LogP) is 3.47. The number of benzene rings is 2. The lowest BCUT2D eigenvalue weighted by Gasteiger charge is -2.07. The summed E-state index contributed by atoms with van der Waals surface area (Å²) in [6, 6.07) is 13.4. The zero-order valence-corrected chi connectivity index (χ0v) is 13.0. The van der Waals surface area contributed by atoms with Gasteiger partial charge in [-0.1, -0.05) is 35.3 Å². The largest absolute Gasteiger partial charge is 0.452 e. The van der Waals surface area contributed by atoms with Gasteiger partial charge in [0, 0.05) is 16.6 Å². The quantitative estimate of drug-likeness (QED) is 0.850. The van der Waals surface area contributed by atoms with Crippen LogP contribution in [0.5, 0.6) is 0 Å². The molecule has 0 fully saturated rings. The van der Waals surface area contributed by atoms with Gasteiger partial charge in [-0.05, 0) is 42.0 Å². The van der Waals surface area contributed by atoms with Gasteiger partial charge in [-0.2, -0.15) is 0 Å². The molecular formula is C16H13Cl2NO3. The van der Waals surface area contributed by atoms with Crippen LogP contribution >= 0.6 is 23.2 Å². The van der Waals surface area contributed by atoms with Crippen molar-refractivity contribution in [2.45, 2.75) is 6.54 Å². The summed E-state index contributed by atoms with van der Waals surface area (Å²) >= 11 is 11.6. The molecule has 2 aromatic carbocycles. The van der Waals surface area contributed by atoms with E-state index < -0.39 is 5.97 Å². The second-order valence-corrected chi connectivity index (χ2v) is 5.36. The number of amides is 1. The molecule has 1 amide bonds. The van der Waals surface area contributed by atoms with Gasteiger partial charge in [0.2, 0.25) is 0 Å². The van der Waals surface area contributed by atoms with Gasteiger partial charge in [0.1, 0.15) is 0 Å². The highest BCUT2D eigenvalue weighted by molar-refractivity contribution is 6.30. The van der Waals surface area contributed by atoms with Crippen LogP contribution in [-0.2, 0) is 16.1 Å². The molecule has 4 nitrogen and oxygen atoms in total. The molecule has 22 heavy (non-hydrogen) atoms. The summed E-state index contributed by atoms with van der Waals surface area (Å²) < 4.78 is 4.92. The molecule has 1 N–H and O–H groups in total. The summed E-state index contributed by atoms with van der Waals surface area (Å²) in [5, 5.41) is 3.77. The number of rotatable bonds is 5. The molecule has 2 aromatic rings. The SMILES string of the molecule is O=C(COC(=O)c1ccc(Cl)cc1)NCc1cccc(Cl)c1. The minimum atomic E-state index is -0.574. The second kappa shape index (κ2) is 7.82. The zero-order valence-electron chi connectivity index (χ0n) is 11.5. The summed E-state index contributed by atoms with van der Waals surface area (Å²) in [5.41, 5.74) is 1.21. The van der Waals surface area contributed by atoms with E-state index in [0.717, 1.165) is 5.56 Å². The van der Waals surface area contributed by atoms with Crippen molar-refractivity contribution < 1.29 is 14.3 Å². The zero-order chi connectivity index (χ0) is 15.9. The van der Waals surface area contributed by atoms with Gasteiger partial charge in [-0.25, -0.2) is 4.79 Å². The number of carbonyl (C=O) groups excluding carboxylic acids is 2. The Hall–Kier alpha value is -2.04. The lowest BCUT2D eigenvalue weighted by Crippen LogP contribution is -2.28. The van der Waals surface area contributed by atoms with Gasteiger partial charge >= 0.3 is 5.97 Å². The fraction of sp³-hybridized carbons (Fsp3) is 0.125. The minimum Gasteiger partial charge on any atom is -0.452 e. The van der Waals surface area contributed by atoms with Gasteiger partial charge in [0.05, 0.1) is 5.56 Å². The molecule has 0 atom stereocenters. The molecule has 114 valence electrons. The van der Waals surface area contributed by atoms with E-state index in [-0.39, 0.29) is 12.5 Å². The monoisotopic (exact) mass is 337 g/mol. The molecule has 0 aliphatic heterocycles. The van der Waals surface area contributed by atoms with E-state index in [0.29, 0.717) is 22.2 Å². The first-order chi connectivity index (χ1) is 10.5. The first-order valence-electron chi connectivity index (χ1n) is 6.48. The third-order valence-electron chi connectivity index (χ3n) is 2.79. The third-order valence-corrected chi connectivity index (χ3v) is 3.28. The van der Waals surface area contributed by atoms with Crippen molar-refractivity contribution in [1.82, 2.24) is 5.32 Å². The summed E-state index contributed by atoms with van der Waals surface area (Å²) in [4.78, 5) is 23.4. The number of esters is 1. The Bertz CT molecular complexity index is 671. The van der Waals surface area contributed by atoms with E-state index in [1.807, 2.05) is 6.07 Å². The van der Waals surface area contributed by atoms with E-state index in [1.165, 1.54) is 12.1 Å². The number of halogens is 2. The van der Waals surface area contributed by atoms with E-state index in [2.05, 4.69) is 5.32 Å². The lowest BCUT2D eigenvalue weighted by molar-refractivity contribution is -0.124. The first kappa shape index (κ1) is 16.3. The van der Waals surface area contributed by atoms with Gasteiger partial charge in [-0.3, -0.25) is 4.79 Å². The molecule has 0 heterocycles. The van der Waals surface area contributed by atoms with Crippen LogP contribution < -0.4 is 5.32 Å². The number of ether oxygens (including phenoxy) is 1. The van der Waals surface area contributed by atoms with Crippen LogP contribution in [0.25, 0.3) is 0 Å². The fourth-order valence-corrected chi connectivity index (χ4v) is 2.04. The Morgan fingerprint density at radius 1 is 1.00 bits per heavy atom. The number of carbonyl (C=O) groups is 2. The fourth-order valence-electron chi connectivity index (χ4n) is 1.70. The molecule has 0 aromatic heterocycles. The van der Waals surface area contributed by atoms with Crippen molar-refractivity contribution in [1.29, 1.82) is 0 Å². The Morgan fingerprint density at radius 3 is 2.41 bits per heavy atom. The normalized spacial score (nSPS) is 10.1. The third kappa shape index (κ3) is 5.06. The van der Waals surface area contributed by atoms with Crippen LogP contribution in [0.2, 0.25) is 10.0 Å². The van der Waals surface area contributed by atoms with Crippen LogP contribution in [0, 0.1) is 0 Å². The summed E-state index contributed by atoms with van der Waals surface area (Å²) in [7, 11) is 0. The lowest BCUT2D eigenvalue weighted by atomic mass is 10.2. The highest BCUT2D eigenvalue weighted by atomic mass is 35.5. The van der Waals surface area contributed by atoms with Crippen LogP contribution in [0.4, 0.5) is 0 Å². The molecule has 0 saturated carbocycles. The summed E-state index contributed by atoms with van der Waals surface area (Å²) in [6.07, 6.45) is 0. The number of hydrogen-bond acceptors (Lipinski definition) is 3. The number of nitrogens with one attached hydrogen (secondary N) is 1. The van der Waals surface area contributed by atoms with Crippen molar-refractivity contribution in [2.24, 2.45) is 0 Å². The van der Waals surface area contributed by atoms with Gasteiger partial charge in [-0.15, -0.1) is 0 Å². The Balaban J connectivity index is 1.78. The molecular weight excluding hydrogens is 325 g/mol. The van der Waals surface area contributed by atoms with Crippen molar-refractivity contribution >= 4 is 35.1 Å². The smallest absolute Gasteiger partial charge is 0.338 e. The molecule has 0 unspecified atom stereocenters. The molecule has 2 rings (SSSR count). The predicted molar refractivity (Wildman–Crippen MR) is 85.0 cm³/mol. The van der Waals surface area contributed by atoms with E-state index in [1.54, 1.807) is 30.3 Å². The number of hydrogen-bond donors (Lipinski definition) is 1.